The van der Waals surface area contributed by atoms with E-state index in [-0.39, 0.29) is 23.5 Å². The maximum atomic E-state index is 18.0. The van der Waals surface area contributed by atoms with Gasteiger partial charge < -0.3 is 14.2 Å². The van der Waals surface area contributed by atoms with Gasteiger partial charge in [0.25, 0.3) is 0 Å². The molecule has 78 heavy (non-hydrogen) atoms. The molecule has 3 nitrogen and oxygen atoms in total. The molecule has 4 aliphatic rings. The minimum absolute atomic E-state index is 0.0909. The van der Waals surface area contributed by atoms with Crippen molar-refractivity contribution < 1.29 is 13.2 Å². The average molecular weight is 1020 g/mol. The summed E-state index contributed by atoms with van der Waals surface area (Å²) in [6, 6.07) is 43.9. The highest BCUT2D eigenvalue weighted by Crippen LogP contribution is 2.49. The van der Waals surface area contributed by atoms with Crippen molar-refractivity contribution in [3.8, 4) is 11.1 Å². The fourth-order valence-electron chi connectivity index (χ4n) is 12.4. The van der Waals surface area contributed by atoms with Gasteiger partial charge in [0.2, 0.25) is 0 Å². The standard InChI is InChI=1S/C73H64F2N2O/c1-7-18-52(19-8-2)63-40-54(50-21-11-9-12-22-50)43-68(71(63)74)77(66-37-30-48(5)38-49(66)6)57-33-35-61-65(44-57)59-26-15-16-27-60(59)70-62-36-34-58(45-69(62)78-73(61)70)76(56-31-28-46(3)29-32-56)67-42-55(51-23-13-10-14-24-51)41-64(72(67)75)53-25-17-20-47(4)39-53/h7-9,11-13,15-37,40,42-45,47,49,64H,1,10,14,38-39,41H2,2-6H3/b19-8-,52-18+/t47?,49?,64-/m0/s1. The summed E-state index contributed by atoms with van der Waals surface area (Å²) in [6.45, 7) is 14.6. The van der Waals surface area contributed by atoms with Crippen LogP contribution in [0.25, 0.3) is 60.2 Å². The number of halogens is 2. The van der Waals surface area contributed by atoms with Crippen molar-refractivity contribution in [2.45, 2.75) is 66.7 Å². The monoisotopic (exact) mass is 1020 g/mol. The van der Waals surface area contributed by atoms with E-state index in [1.165, 1.54) is 11.1 Å². The summed E-state index contributed by atoms with van der Waals surface area (Å²) in [5.74, 6) is -0.410. The van der Waals surface area contributed by atoms with Crippen molar-refractivity contribution in [3.05, 3.63) is 269 Å². The highest BCUT2D eigenvalue weighted by molar-refractivity contribution is 6.30. The van der Waals surface area contributed by atoms with Gasteiger partial charge in [0, 0.05) is 62.4 Å². The number of furan rings is 1. The van der Waals surface area contributed by atoms with Crippen LogP contribution in [0.4, 0.5) is 31.5 Å². The number of hydrogen-bond acceptors (Lipinski definition) is 3. The second kappa shape index (κ2) is 21.1. The third-order valence-corrected chi connectivity index (χ3v) is 16.1. The summed E-state index contributed by atoms with van der Waals surface area (Å²) >= 11 is 0. The number of benzene rings is 7. The molecule has 0 spiro atoms. The van der Waals surface area contributed by atoms with E-state index < -0.39 is 0 Å². The largest absolute Gasteiger partial charge is 0.455 e. The second-order valence-electron chi connectivity index (χ2n) is 21.7. The summed E-state index contributed by atoms with van der Waals surface area (Å²) in [5.41, 5.74) is 14.9. The van der Waals surface area contributed by atoms with Crippen LogP contribution in [0.3, 0.4) is 0 Å². The minimum atomic E-state index is -0.389. The van der Waals surface area contributed by atoms with E-state index in [4.69, 9.17) is 4.42 Å². The van der Waals surface area contributed by atoms with Crippen molar-refractivity contribution in [3.63, 3.8) is 0 Å². The molecule has 0 radical (unpaired) electrons. The highest BCUT2D eigenvalue weighted by atomic mass is 19.1. The number of fused-ring (bicyclic) bond motifs is 8. The Bertz CT molecular complexity index is 4050. The fourth-order valence-corrected chi connectivity index (χ4v) is 12.4. The zero-order chi connectivity index (χ0) is 53.6. The van der Waals surface area contributed by atoms with Gasteiger partial charge in [-0.2, -0.15) is 0 Å². The normalized spacial score (nSPS) is 18.9. The van der Waals surface area contributed by atoms with E-state index in [0.29, 0.717) is 34.9 Å². The summed E-state index contributed by atoms with van der Waals surface area (Å²) in [7, 11) is 0. The molecular formula is C73H64F2N2O. The van der Waals surface area contributed by atoms with E-state index in [9.17, 15) is 0 Å². The lowest BCUT2D eigenvalue weighted by molar-refractivity contribution is 0.470. The highest BCUT2D eigenvalue weighted by Gasteiger charge is 2.34. The second-order valence-corrected chi connectivity index (χ2v) is 21.7. The van der Waals surface area contributed by atoms with Crippen LogP contribution < -0.4 is 9.80 Å². The van der Waals surface area contributed by atoms with Crippen LogP contribution in [0, 0.1) is 30.5 Å². The van der Waals surface area contributed by atoms with Crippen LogP contribution in [0.15, 0.2) is 257 Å². The Balaban J connectivity index is 1.06. The molecule has 386 valence electrons. The van der Waals surface area contributed by atoms with Crippen molar-refractivity contribution in [1.29, 1.82) is 0 Å². The van der Waals surface area contributed by atoms with Crippen LogP contribution in [-0.4, -0.2) is 0 Å². The number of hydrogen-bond donors (Lipinski definition) is 0. The molecule has 7 aromatic carbocycles. The topological polar surface area (TPSA) is 19.6 Å². The summed E-state index contributed by atoms with van der Waals surface area (Å²) in [4.78, 5) is 4.22. The van der Waals surface area contributed by atoms with Gasteiger partial charge >= 0.3 is 0 Å². The fraction of sp³-hybridized carbons (Fsp3) is 0.178. The molecular weight excluding hydrogens is 959 g/mol. The van der Waals surface area contributed by atoms with Crippen molar-refractivity contribution in [1.82, 2.24) is 0 Å². The lowest BCUT2D eigenvalue weighted by atomic mass is 9.78. The molecule has 1 aromatic heterocycles. The molecule has 0 bridgehead atoms. The first-order chi connectivity index (χ1) is 38.1. The molecule has 2 unspecified atom stereocenters. The molecule has 0 saturated carbocycles. The van der Waals surface area contributed by atoms with E-state index in [1.54, 1.807) is 6.08 Å². The van der Waals surface area contributed by atoms with Gasteiger partial charge in [-0.25, -0.2) is 8.78 Å². The zero-order valence-electron chi connectivity index (χ0n) is 45.2. The summed E-state index contributed by atoms with van der Waals surface area (Å²) in [6.07, 6.45) is 31.3. The minimum Gasteiger partial charge on any atom is -0.455 e. The molecule has 0 N–H and O–H groups in total. The van der Waals surface area contributed by atoms with Crippen molar-refractivity contribution in [2.24, 2.45) is 17.8 Å². The lowest BCUT2D eigenvalue weighted by Gasteiger charge is -2.34. The number of nitrogens with zero attached hydrogens (tertiary/aromatic N) is 2. The van der Waals surface area contributed by atoms with E-state index in [1.807, 2.05) is 55.5 Å². The first kappa shape index (κ1) is 50.3. The molecule has 0 aliphatic heterocycles. The van der Waals surface area contributed by atoms with Gasteiger partial charge in [-0.3, -0.25) is 0 Å². The predicted octanol–water partition coefficient (Wildman–Crippen LogP) is 21.2. The molecule has 1 heterocycles. The van der Waals surface area contributed by atoms with Crippen molar-refractivity contribution >= 4 is 71.8 Å². The summed E-state index contributed by atoms with van der Waals surface area (Å²) < 4.78 is 43.1. The van der Waals surface area contributed by atoms with Crippen molar-refractivity contribution in [2.75, 3.05) is 9.80 Å². The first-order valence-corrected chi connectivity index (χ1v) is 27.6. The Morgan fingerprint density at radius 2 is 1.46 bits per heavy atom. The number of anilines is 4. The molecule has 0 amide bonds. The Hall–Kier alpha value is -8.54. The van der Waals surface area contributed by atoms with E-state index >= 15 is 8.78 Å². The number of rotatable bonds is 12. The summed E-state index contributed by atoms with van der Waals surface area (Å²) in [5, 5.41) is 6.03. The van der Waals surface area contributed by atoms with Crippen LogP contribution in [0.1, 0.15) is 70.9 Å². The number of allylic oxidation sites excluding steroid dienone is 20. The molecule has 5 heteroatoms. The first-order valence-electron chi connectivity index (χ1n) is 27.6. The smallest absolute Gasteiger partial charge is 0.155 e. The molecule has 4 aliphatic carbocycles. The molecule has 3 atom stereocenters. The maximum absolute atomic E-state index is 18.0. The molecule has 0 fully saturated rings. The van der Waals surface area contributed by atoms with Crippen LogP contribution in [0.5, 0.6) is 0 Å². The molecule has 0 saturated heterocycles. The molecule has 8 aromatic rings. The van der Waals surface area contributed by atoms with Gasteiger partial charge in [0.05, 0.1) is 11.4 Å². The Kier molecular flexibility index (Phi) is 13.6. The Labute approximate surface area is 457 Å². The average Bonchev–Trinajstić information content (AvgIpc) is 4.03. The Morgan fingerprint density at radius 3 is 2.21 bits per heavy atom. The van der Waals surface area contributed by atoms with Crippen LogP contribution in [-0.2, 0) is 0 Å². The quantitative estimate of drug-likeness (QED) is 0.0898. The SMILES string of the molecule is C=C/C=C(\C=C/C)c1cc(-c2ccccc2)cc(N(C2=CC=C(C)CC2C)c2ccc3c(c2)c2ccccc2c2c4ccc(N(C5=C(F)[C@H](C6=CC=CC(C)C6)CC(C6=CCCC=C6)=C5)c5ccc(C)cc5)cc4oc32)c1F. The number of aryl methyl sites for hydroxylation is 1. The maximum Gasteiger partial charge on any atom is 0.155 e. The van der Waals surface area contributed by atoms with Crippen LogP contribution in [0.2, 0.25) is 0 Å². The van der Waals surface area contributed by atoms with E-state index in [0.717, 1.165) is 120 Å². The van der Waals surface area contributed by atoms with Gasteiger partial charge in [-0.15, -0.1) is 0 Å². The van der Waals surface area contributed by atoms with Gasteiger partial charge in [-0.1, -0.05) is 171 Å². The predicted molar refractivity (Wildman–Crippen MR) is 326 cm³/mol. The van der Waals surface area contributed by atoms with E-state index in [2.05, 4.69) is 196 Å². The van der Waals surface area contributed by atoms with Gasteiger partial charge in [0.1, 0.15) is 17.0 Å². The third kappa shape index (κ3) is 9.25. The van der Waals surface area contributed by atoms with Gasteiger partial charge in [-0.05, 0) is 170 Å². The molecule has 12 rings (SSSR count). The zero-order valence-corrected chi connectivity index (χ0v) is 45.2. The lowest BCUT2D eigenvalue weighted by Crippen LogP contribution is -2.24. The van der Waals surface area contributed by atoms with Crippen LogP contribution >= 0.6 is 0 Å². The Morgan fingerprint density at radius 1 is 0.705 bits per heavy atom. The van der Waals surface area contributed by atoms with Gasteiger partial charge in [0.15, 0.2) is 5.82 Å². The third-order valence-electron chi connectivity index (χ3n) is 16.1.